The van der Waals surface area contributed by atoms with Crippen molar-refractivity contribution < 1.29 is 13.6 Å². The number of likely N-dealkylation sites (tertiary alicyclic amines) is 1. The highest BCUT2D eigenvalue weighted by Crippen LogP contribution is 2.42. The Bertz CT molecular complexity index is 980. The highest BCUT2D eigenvalue weighted by Gasteiger charge is 2.43. The standard InChI is InChI=1S/C20H19FN4O2S/c21-14-8-6-13(7-9-14)16(24-10-2-1-3-11-24)17-19(26)25-20(28-17)22-18(23-25)15-5-4-12-27-15/h4-9,12,16-17H,1-3,10-11H2. The largest absolute Gasteiger partial charge is 0.461 e. The Morgan fingerprint density at radius 1 is 1.14 bits per heavy atom. The van der Waals surface area contributed by atoms with Gasteiger partial charge in [-0.25, -0.2) is 4.39 Å². The van der Waals surface area contributed by atoms with E-state index in [2.05, 4.69) is 15.0 Å². The van der Waals surface area contributed by atoms with Gasteiger partial charge in [0.1, 0.15) is 11.1 Å². The number of nitrogens with zero attached hydrogens (tertiary/aromatic N) is 4. The van der Waals surface area contributed by atoms with Crippen molar-refractivity contribution in [3.05, 3.63) is 54.0 Å². The first-order valence-corrected chi connectivity index (χ1v) is 10.3. The smallest absolute Gasteiger partial charge is 0.264 e. The molecule has 4 heterocycles. The number of carbonyl (C=O) groups is 1. The molecule has 2 aromatic heterocycles. The zero-order chi connectivity index (χ0) is 19.1. The van der Waals surface area contributed by atoms with Crippen LogP contribution >= 0.6 is 11.8 Å². The molecular formula is C20H19FN4O2S. The monoisotopic (exact) mass is 398 g/mol. The molecule has 3 aromatic rings. The molecule has 0 spiro atoms. The average Bonchev–Trinajstić information content (AvgIpc) is 3.43. The molecule has 0 saturated carbocycles. The summed E-state index contributed by atoms with van der Waals surface area (Å²) in [6, 6.07) is 9.89. The predicted molar refractivity (Wildman–Crippen MR) is 103 cm³/mol. The first-order valence-electron chi connectivity index (χ1n) is 9.42. The quantitative estimate of drug-likeness (QED) is 0.661. The van der Waals surface area contributed by atoms with Crippen LogP contribution in [0.3, 0.4) is 0 Å². The molecule has 144 valence electrons. The lowest BCUT2D eigenvalue weighted by Crippen LogP contribution is -2.41. The molecule has 5 rings (SSSR count). The van der Waals surface area contributed by atoms with Gasteiger partial charge >= 0.3 is 0 Å². The van der Waals surface area contributed by atoms with Gasteiger partial charge in [-0.3, -0.25) is 9.69 Å². The van der Waals surface area contributed by atoms with Gasteiger partial charge in [-0.2, -0.15) is 9.67 Å². The van der Waals surface area contributed by atoms with Crippen molar-refractivity contribution in [1.29, 1.82) is 0 Å². The lowest BCUT2D eigenvalue weighted by molar-refractivity contribution is 0.0819. The Morgan fingerprint density at radius 3 is 2.61 bits per heavy atom. The van der Waals surface area contributed by atoms with Gasteiger partial charge < -0.3 is 4.42 Å². The maximum atomic E-state index is 13.5. The van der Waals surface area contributed by atoms with Gasteiger partial charge in [0.05, 0.1) is 12.3 Å². The van der Waals surface area contributed by atoms with E-state index < -0.39 is 0 Å². The third-order valence-corrected chi connectivity index (χ3v) is 6.47. The lowest BCUT2D eigenvalue weighted by atomic mass is 9.98. The van der Waals surface area contributed by atoms with Crippen molar-refractivity contribution in [1.82, 2.24) is 19.7 Å². The summed E-state index contributed by atoms with van der Waals surface area (Å²) in [6.07, 6.45) is 4.97. The van der Waals surface area contributed by atoms with Gasteiger partial charge in [0, 0.05) is 0 Å². The average molecular weight is 398 g/mol. The van der Waals surface area contributed by atoms with Crippen molar-refractivity contribution in [2.75, 3.05) is 13.1 Å². The van der Waals surface area contributed by atoms with E-state index in [1.807, 2.05) is 0 Å². The number of aromatic nitrogens is 3. The molecule has 0 radical (unpaired) electrons. The molecule has 2 unspecified atom stereocenters. The summed E-state index contributed by atoms with van der Waals surface area (Å²) in [4.78, 5) is 20.0. The minimum atomic E-state index is -0.357. The number of rotatable bonds is 4. The van der Waals surface area contributed by atoms with E-state index in [-0.39, 0.29) is 23.0 Å². The first-order chi connectivity index (χ1) is 13.7. The van der Waals surface area contributed by atoms with Crippen LogP contribution < -0.4 is 0 Å². The molecule has 2 atom stereocenters. The van der Waals surface area contributed by atoms with Crippen LogP contribution in [-0.4, -0.2) is 43.9 Å². The number of furan rings is 1. The summed E-state index contributed by atoms with van der Waals surface area (Å²) in [5.74, 6) is 0.586. The molecule has 1 aromatic carbocycles. The number of hydrogen-bond donors (Lipinski definition) is 0. The Kier molecular flexibility index (Phi) is 4.52. The van der Waals surface area contributed by atoms with Gasteiger partial charge in [0.15, 0.2) is 10.9 Å². The van der Waals surface area contributed by atoms with Crippen LogP contribution in [0.2, 0.25) is 0 Å². The van der Waals surface area contributed by atoms with Gasteiger partial charge in [0.2, 0.25) is 5.82 Å². The normalized spacial score (nSPS) is 21.0. The van der Waals surface area contributed by atoms with Crippen molar-refractivity contribution >= 4 is 17.7 Å². The first kappa shape index (κ1) is 17.6. The zero-order valence-corrected chi connectivity index (χ0v) is 15.9. The molecule has 0 amide bonds. The van der Waals surface area contributed by atoms with E-state index in [4.69, 9.17) is 4.42 Å². The lowest BCUT2D eigenvalue weighted by Gasteiger charge is -2.37. The van der Waals surface area contributed by atoms with Crippen molar-refractivity contribution in [2.24, 2.45) is 0 Å². The minimum Gasteiger partial charge on any atom is -0.461 e. The fourth-order valence-electron chi connectivity index (χ4n) is 3.95. The second kappa shape index (κ2) is 7.18. The number of hydrogen-bond acceptors (Lipinski definition) is 6. The number of fused-ring (bicyclic) bond motifs is 1. The molecule has 28 heavy (non-hydrogen) atoms. The van der Waals surface area contributed by atoms with Gasteiger partial charge in [-0.1, -0.05) is 30.3 Å². The maximum absolute atomic E-state index is 13.5. The molecule has 1 fully saturated rings. The van der Waals surface area contributed by atoms with Crippen LogP contribution in [0.1, 0.15) is 35.7 Å². The third-order valence-electron chi connectivity index (χ3n) is 5.29. The van der Waals surface area contributed by atoms with Crippen molar-refractivity contribution in [3.63, 3.8) is 0 Å². The van der Waals surface area contributed by atoms with Crippen LogP contribution in [0.4, 0.5) is 4.39 Å². The van der Waals surface area contributed by atoms with Crippen LogP contribution in [0.5, 0.6) is 0 Å². The Hall–Kier alpha value is -2.45. The molecular weight excluding hydrogens is 379 g/mol. The van der Waals surface area contributed by atoms with E-state index in [1.54, 1.807) is 30.5 Å². The topological polar surface area (TPSA) is 64.2 Å². The highest BCUT2D eigenvalue weighted by atomic mass is 32.2. The maximum Gasteiger partial charge on any atom is 0.264 e. The molecule has 1 saturated heterocycles. The number of carbonyl (C=O) groups excluding carboxylic acids is 1. The molecule has 0 aliphatic carbocycles. The SMILES string of the molecule is O=C1C(C(c2ccc(F)cc2)N2CCCCC2)Sc2nc(-c3ccco3)nn21. The number of piperidine rings is 1. The highest BCUT2D eigenvalue weighted by molar-refractivity contribution is 8.00. The Labute approximate surface area is 165 Å². The van der Waals surface area contributed by atoms with Crippen molar-refractivity contribution in [3.8, 4) is 11.6 Å². The zero-order valence-electron chi connectivity index (χ0n) is 15.1. The van der Waals surface area contributed by atoms with Gasteiger partial charge in [-0.05, 0) is 55.8 Å². The summed E-state index contributed by atoms with van der Waals surface area (Å²) in [5.41, 5.74) is 0.950. The number of benzene rings is 1. The summed E-state index contributed by atoms with van der Waals surface area (Å²) >= 11 is 1.43. The Balaban J connectivity index is 1.47. The number of thioether (sulfide) groups is 1. The second-order valence-electron chi connectivity index (χ2n) is 7.08. The van der Waals surface area contributed by atoms with E-state index in [0.717, 1.165) is 31.5 Å². The fourth-order valence-corrected chi connectivity index (χ4v) is 5.20. The van der Waals surface area contributed by atoms with Gasteiger partial charge in [0.25, 0.3) is 5.91 Å². The summed E-state index contributed by atoms with van der Waals surface area (Å²) < 4.78 is 20.2. The minimum absolute atomic E-state index is 0.0924. The van der Waals surface area contributed by atoms with Crippen molar-refractivity contribution in [2.45, 2.75) is 35.7 Å². The summed E-state index contributed by atoms with van der Waals surface area (Å²) in [7, 11) is 0. The van der Waals surface area contributed by atoms with Gasteiger partial charge in [-0.15, -0.1) is 5.10 Å². The van der Waals surface area contributed by atoms with Crippen LogP contribution in [0.15, 0.2) is 52.2 Å². The molecule has 6 nitrogen and oxygen atoms in total. The Morgan fingerprint density at radius 2 is 1.93 bits per heavy atom. The van der Waals surface area contributed by atoms with E-state index in [1.165, 1.54) is 35.0 Å². The van der Waals surface area contributed by atoms with E-state index >= 15 is 0 Å². The molecule has 0 bridgehead atoms. The third kappa shape index (κ3) is 3.06. The second-order valence-corrected chi connectivity index (χ2v) is 8.19. The molecule has 0 N–H and O–H groups in total. The van der Waals surface area contributed by atoms with E-state index in [9.17, 15) is 9.18 Å². The number of halogens is 1. The molecule has 2 aliphatic rings. The van der Waals surface area contributed by atoms with Crippen LogP contribution in [0.25, 0.3) is 11.6 Å². The van der Waals surface area contributed by atoms with Crippen LogP contribution in [0, 0.1) is 5.82 Å². The molecule has 2 aliphatic heterocycles. The predicted octanol–water partition coefficient (Wildman–Crippen LogP) is 4.02. The summed E-state index contributed by atoms with van der Waals surface area (Å²) in [5, 5.41) is 4.58. The van der Waals surface area contributed by atoms with E-state index in [0.29, 0.717) is 16.7 Å². The fraction of sp³-hybridized carbons (Fsp3) is 0.350. The van der Waals surface area contributed by atoms with Crippen LogP contribution in [-0.2, 0) is 0 Å². The summed E-state index contributed by atoms with van der Waals surface area (Å²) in [6.45, 7) is 1.86. The molecule has 8 heteroatoms.